The number of carbonyl (C=O) groups is 1. The summed E-state index contributed by atoms with van der Waals surface area (Å²) in [4.78, 5) is 18.2. The number of aromatic amines is 1. The molecule has 0 bridgehead atoms. The second-order valence-electron chi connectivity index (χ2n) is 7.92. The summed E-state index contributed by atoms with van der Waals surface area (Å²) in [5.74, 6) is 1.09. The molecule has 1 aliphatic heterocycles. The molecule has 0 spiro atoms. The van der Waals surface area contributed by atoms with Crippen LogP contribution in [0.4, 0.5) is 4.39 Å². The maximum Gasteiger partial charge on any atom is 0.163 e. The number of H-pyrrole nitrogens is 1. The first-order valence-electron chi connectivity index (χ1n) is 10.3. The Morgan fingerprint density at radius 2 is 2.03 bits per heavy atom. The first-order chi connectivity index (χ1) is 14.1. The number of hydrogen-bond acceptors (Lipinski definition) is 3. The number of ether oxygens (including phenoxy) is 1. The summed E-state index contributed by atoms with van der Waals surface area (Å²) in [5, 5.41) is 1.23. The third kappa shape index (κ3) is 5.21. The van der Waals surface area contributed by atoms with Crippen molar-refractivity contribution in [3.05, 3.63) is 65.6 Å². The van der Waals surface area contributed by atoms with Crippen molar-refractivity contribution in [1.29, 1.82) is 0 Å². The summed E-state index contributed by atoms with van der Waals surface area (Å²) in [5.41, 5.74) is 3.07. The number of Topliss-reactive ketones (excluding diaryl/α,β-unsaturated/α-hetero) is 1. The van der Waals surface area contributed by atoms with E-state index < -0.39 is 0 Å². The van der Waals surface area contributed by atoms with E-state index in [9.17, 15) is 9.18 Å². The summed E-state index contributed by atoms with van der Waals surface area (Å²) in [6.07, 6.45) is 5.80. The minimum atomic E-state index is -0.303. The minimum Gasteiger partial charge on any atom is -0.497 e. The normalized spacial score (nSPS) is 16.5. The van der Waals surface area contributed by atoms with Crippen LogP contribution in [0.3, 0.4) is 0 Å². The first kappa shape index (κ1) is 22.3. The summed E-state index contributed by atoms with van der Waals surface area (Å²) in [6.45, 7) is 3.05. The van der Waals surface area contributed by atoms with Crippen molar-refractivity contribution in [2.45, 2.75) is 25.7 Å². The minimum absolute atomic E-state index is 0. The van der Waals surface area contributed by atoms with Crippen molar-refractivity contribution >= 4 is 29.1 Å². The molecule has 1 atom stereocenters. The molecule has 6 heteroatoms. The zero-order valence-corrected chi connectivity index (χ0v) is 18.0. The number of fused-ring (bicyclic) bond motifs is 1. The van der Waals surface area contributed by atoms with Crippen LogP contribution in [0.2, 0.25) is 0 Å². The molecule has 0 saturated carbocycles. The smallest absolute Gasteiger partial charge is 0.163 e. The highest BCUT2D eigenvalue weighted by atomic mass is 35.5. The number of likely N-dealkylation sites (tertiary alicyclic amines) is 1. The lowest BCUT2D eigenvalue weighted by molar-refractivity contribution is 0.0962. The number of nitrogens with zero attached hydrogens (tertiary/aromatic N) is 1. The van der Waals surface area contributed by atoms with Crippen LogP contribution in [-0.4, -0.2) is 42.4 Å². The quantitative estimate of drug-likeness (QED) is 0.495. The Morgan fingerprint density at radius 3 is 2.80 bits per heavy atom. The Morgan fingerprint density at radius 1 is 1.23 bits per heavy atom. The van der Waals surface area contributed by atoms with Gasteiger partial charge in [0.15, 0.2) is 5.78 Å². The number of rotatable bonds is 8. The fraction of sp³-hybridized carbons (Fsp3) is 0.375. The van der Waals surface area contributed by atoms with Crippen molar-refractivity contribution in [3.8, 4) is 5.75 Å². The summed E-state index contributed by atoms with van der Waals surface area (Å²) >= 11 is 0. The van der Waals surface area contributed by atoms with Gasteiger partial charge in [-0.2, -0.15) is 0 Å². The fourth-order valence-corrected chi connectivity index (χ4v) is 4.28. The maximum absolute atomic E-state index is 13.0. The third-order valence-corrected chi connectivity index (χ3v) is 5.91. The van der Waals surface area contributed by atoms with Gasteiger partial charge in [0, 0.05) is 35.6 Å². The van der Waals surface area contributed by atoms with E-state index in [4.69, 9.17) is 4.74 Å². The molecule has 1 aliphatic rings. The second kappa shape index (κ2) is 10.1. The second-order valence-corrected chi connectivity index (χ2v) is 7.92. The highest BCUT2D eigenvalue weighted by Gasteiger charge is 2.24. The van der Waals surface area contributed by atoms with Gasteiger partial charge in [-0.05, 0) is 86.3 Å². The van der Waals surface area contributed by atoms with Crippen LogP contribution in [0.5, 0.6) is 5.75 Å². The van der Waals surface area contributed by atoms with E-state index in [0.29, 0.717) is 17.9 Å². The fourth-order valence-electron chi connectivity index (χ4n) is 4.28. The number of nitrogens with one attached hydrogen (secondary N) is 1. The highest BCUT2D eigenvalue weighted by molar-refractivity contribution is 5.96. The first-order valence-corrected chi connectivity index (χ1v) is 10.3. The Kier molecular flexibility index (Phi) is 7.51. The number of hydrogen-bond donors (Lipinski definition) is 1. The lowest BCUT2D eigenvalue weighted by atomic mass is 9.97. The van der Waals surface area contributed by atoms with E-state index in [1.807, 2.05) is 6.07 Å². The molecular weight excluding hydrogens is 403 g/mol. The topological polar surface area (TPSA) is 45.3 Å². The molecule has 1 N–H and O–H groups in total. The molecule has 3 aromatic rings. The Hall–Kier alpha value is -2.37. The number of halogens is 2. The van der Waals surface area contributed by atoms with Gasteiger partial charge < -0.3 is 14.6 Å². The van der Waals surface area contributed by atoms with Crippen molar-refractivity contribution in [2.24, 2.45) is 5.92 Å². The molecular formula is C24H28ClFN2O2. The van der Waals surface area contributed by atoms with Gasteiger partial charge in [0.05, 0.1) is 7.11 Å². The van der Waals surface area contributed by atoms with Gasteiger partial charge in [-0.1, -0.05) is 0 Å². The molecule has 0 radical (unpaired) electrons. The lowest BCUT2D eigenvalue weighted by Gasteiger charge is -2.15. The number of aromatic nitrogens is 1. The standard InChI is InChI=1S/C24H27FN2O2.ClH/c1-29-21-8-9-23-22(14-21)19(15-26-23)3-2-11-27-12-10-17(16-27)13-24(28)18-4-6-20(25)7-5-18;/h4-9,14-15,17,26H,2-3,10-13,16H2,1H3;1H. The zero-order valence-electron chi connectivity index (χ0n) is 17.2. The molecule has 30 heavy (non-hydrogen) atoms. The van der Waals surface area contributed by atoms with Crippen LogP contribution in [0, 0.1) is 11.7 Å². The number of benzene rings is 2. The van der Waals surface area contributed by atoms with E-state index in [1.54, 1.807) is 19.2 Å². The molecule has 1 aromatic heterocycles. The predicted octanol–water partition coefficient (Wildman–Crippen LogP) is 5.26. The molecule has 0 amide bonds. The van der Waals surface area contributed by atoms with E-state index in [0.717, 1.165) is 50.2 Å². The average molecular weight is 431 g/mol. The molecule has 1 unspecified atom stereocenters. The SMILES string of the molecule is COc1ccc2[nH]cc(CCCN3CCC(CC(=O)c4ccc(F)cc4)C3)c2c1.Cl. The summed E-state index contributed by atoms with van der Waals surface area (Å²) in [7, 11) is 1.69. The van der Waals surface area contributed by atoms with Crippen molar-refractivity contribution in [1.82, 2.24) is 9.88 Å². The monoisotopic (exact) mass is 430 g/mol. The largest absolute Gasteiger partial charge is 0.497 e. The predicted molar refractivity (Wildman–Crippen MR) is 120 cm³/mol. The van der Waals surface area contributed by atoms with Crippen molar-refractivity contribution in [2.75, 3.05) is 26.7 Å². The number of carbonyl (C=O) groups excluding carboxylic acids is 1. The van der Waals surface area contributed by atoms with Crippen LogP contribution in [0.15, 0.2) is 48.7 Å². The molecule has 0 aliphatic carbocycles. The highest BCUT2D eigenvalue weighted by Crippen LogP contribution is 2.26. The van der Waals surface area contributed by atoms with Crippen LogP contribution in [0.25, 0.3) is 10.9 Å². The van der Waals surface area contributed by atoms with Crippen LogP contribution >= 0.6 is 12.4 Å². The zero-order chi connectivity index (χ0) is 20.2. The van der Waals surface area contributed by atoms with Gasteiger partial charge in [-0.3, -0.25) is 4.79 Å². The van der Waals surface area contributed by atoms with Gasteiger partial charge in [0.2, 0.25) is 0 Å². The molecule has 1 saturated heterocycles. The van der Waals surface area contributed by atoms with E-state index >= 15 is 0 Å². The van der Waals surface area contributed by atoms with Crippen LogP contribution < -0.4 is 4.74 Å². The van der Waals surface area contributed by atoms with Gasteiger partial charge in [0.1, 0.15) is 11.6 Å². The number of ketones is 1. The van der Waals surface area contributed by atoms with Crippen LogP contribution in [-0.2, 0) is 6.42 Å². The molecule has 2 aromatic carbocycles. The Labute approximate surface area is 182 Å². The molecule has 1 fully saturated rings. The van der Waals surface area contributed by atoms with Crippen molar-refractivity contribution in [3.63, 3.8) is 0 Å². The average Bonchev–Trinajstić information content (AvgIpc) is 3.35. The Bertz CT molecular complexity index is 987. The lowest BCUT2D eigenvalue weighted by Crippen LogP contribution is -2.23. The summed E-state index contributed by atoms with van der Waals surface area (Å²) < 4.78 is 18.4. The van der Waals surface area contributed by atoms with E-state index in [-0.39, 0.29) is 24.0 Å². The number of aryl methyl sites for hydroxylation is 1. The maximum atomic E-state index is 13.0. The van der Waals surface area contributed by atoms with Gasteiger partial charge in [0.25, 0.3) is 0 Å². The van der Waals surface area contributed by atoms with E-state index in [2.05, 4.69) is 28.2 Å². The van der Waals surface area contributed by atoms with Crippen LogP contribution in [0.1, 0.15) is 35.2 Å². The van der Waals surface area contributed by atoms with Gasteiger partial charge >= 0.3 is 0 Å². The summed E-state index contributed by atoms with van der Waals surface area (Å²) in [6, 6.07) is 12.0. The molecule has 4 rings (SSSR count). The molecule has 2 heterocycles. The molecule has 4 nitrogen and oxygen atoms in total. The van der Waals surface area contributed by atoms with Gasteiger partial charge in [-0.15, -0.1) is 12.4 Å². The van der Waals surface area contributed by atoms with Gasteiger partial charge in [-0.25, -0.2) is 4.39 Å². The van der Waals surface area contributed by atoms with E-state index in [1.165, 1.54) is 23.1 Å². The number of methoxy groups -OCH3 is 1. The molecule has 160 valence electrons. The van der Waals surface area contributed by atoms with Crippen molar-refractivity contribution < 1.29 is 13.9 Å². The third-order valence-electron chi connectivity index (χ3n) is 5.91. The Balaban J connectivity index is 0.00000256.